The average Bonchev–Trinajstić information content (AvgIpc) is 2.80. The fourth-order valence-corrected chi connectivity index (χ4v) is 3.29. The van der Waals surface area contributed by atoms with Crippen molar-refractivity contribution in [3.8, 4) is 6.07 Å². The summed E-state index contributed by atoms with van der Waals surface area (Å²) in [5.41, 5.74) is 0. The molecule has 0 saturated heterocycles. The lowest BCUT2D eigenvalue weighted by Gasteiger charge is -2.14. The van der Waals surface area contributed by atoms with E-state index in [1.54, 1.807) is 23.7 Å². The van der Waals surface area contributed by atoms with E-state index < -0.39 is 0 Å². The lowest BCUT2D eigenvalue weighted by molar-refractivity contribution is -0.127. The summed E-state index contributed by atoms with van der Waals surface area (Å²) in [7, 11) is 1.70. The van der Waals surface area contributed by atoms with E-state index >= 15 is 0 Å². The fraction of sp³-hybridized carbons (Fsp3) is 0.556. The van der Waals surface area contributed by atoms with E-state index in [0.29, 0.717) is 18.7 Å². The number of carbonyl (C=O) groups excluding carboxylic acids is 1. The minimum absolute atomic E-state index is 0.00570. The second-order valence-corrected chi connectivity index (χ2v) is 6.30. The van der Waals surface area contributed by atoms with Gasteiger partial charge < -0.3 is 4.90 Å². The minimum Gasteiger partial charge on any atom is -0.344 e. The first-order valence-corrected chi connectivity index (χ1v) is 7.81. The number of hydrogen-bond acceptors (Lipinski definition) is 7. The molecule has 0 radical (unpaired) electrons. The van der Waals surface area contributed by atoms with Crippen molar-refractivity contribution in [2.45, 2.75) is 15.1 Å². The van der Waals surface area contributed by atoms with Crippen LogP contribution >= 0.6 is 34.9 Å². The molecule has 1 rings (SSSR count). The molecular formula is C9H12N4OS3. The Hall–Kier alpha value is -0.780. The molecule has 0 aliphatic rings. The second kappa shape index (κ2) is 7.53. The highest BCUT2D eigenvalue weighted by molar-refractivity contribution is 8.03. The highest BCUT2D eigenvalue weighted by Gasteiger charge is 2.11. The summed E-state index contributed by atoms with van der Waals surface area (Å²) in [6, 6.07) is 2.01. The van der Waals surface area contributed by atoms with Crippen LogP contribution in [0.5, 0.6) is 0 Å². The van der Waals surface area contributed by atoms with Gasteiger partial charge in [-0.3, -0.25) is 4.79 Å². The van der Waals surface area contributed by atoms with Crippen LogP contribution in [0.15, 0.2) is 8.68 Å². The predicted octanol–water partition coefficient (Wildman–Crippen LogP) is 1.72. The molecule has 0 aromatic carbocycles. The topological polar surface area (TPSA) is 69.9 Å². The third-order valence-electron chi connectivity index (χ3n) is 1.87. The van der Waals surface area contributed by atoms with E-state index in [9.17, 15) is 4.79 Å². The summed E-state index contributed by atoms with van der Waals surface area (Å²) in [6.45, 7) is 0.474. The molecule has 0 atom stereocenters. The van der Waals surface area contributed by atoms with Crippen LogP contribution < -0.4 is 0 Å². The molecule has 8 heteroatoms. The molecule has 0 bridgehead atoms. The standard InChI is InChI=1S/C9H12N4OS3/c1-13(5-3-4-10)7(14)6-16-9-12-11-8(15-2)17-9/h3,5-6H2,1-2H3. The van der Waals surface area contributed by atoms with Gasteiger partial charge in [0.1, 0.15) is 0 Å². The van der Waals surface area contributed by atoms with Gasteiger partial charge in [0, 0.05) is 13.6 Å². The Morgan fingerprint density at radius 2 is 2.24 bits per heavy atom. The van der Waals surface area contributed by atoms with E-state index in [1.165, 1.54) is 23.1 Å². The molecule has 0 aliphatic heterocycles. The quantitative estimate of drug-likeness (QED) is 0.742. The fourth-order valence-electron chi connectivity index (χ4n) is 0.914. The number of carbonyl (C=O) groups is 1. The highest BCUT2D eigenvalue weighted by atomic mass is 32.2. The third-order valence-corrected chi connectivity index (χ3v) is 4.88. The SMILES string of the molecule is CSc1nnc(SCC(=O)N(C)CCC#N)s1. The maximum atomic E-state index is 11.6. The predicted molar refractivity (Wildman–Crippen MR) is 70.3 cm³/mol. The first kappa shape index (κ1) is 14.3. The summed E-state index contributed by atoms with van der Waals surface area (Å²) >= 11 is 4.41. The van der Waals surface area contributed by atoms with E-state index in [4.69, 9.17) is 5.26 Å². The highest BCUT2D eigenvalue weighted by Crippen LogP contribution is 2.27. The number of hydrogen-bond donors (Lipinski definition) is 0. The van der Waals surface area contributed by atoms with Crippen LogP contribution in [0.1, 0.15) is 6.42 Å². The van der Waals surface area contributed by atoms with Crippen molar-refractivity contribution in [2.75, 3.05) is 25.6 Å². The number of nitrogens with zero attached hydrogens (tertiary/aromatic N) is 4. The lowest BCUT2D eigenvalue weighted by atomic mass is 10.4. The zero-order chi connectivity index (χ0) is 12.7. The first-order chi connectivity index (χ1) is 8.17. The molecule has 0 N–H and O–H groups in total. The van der Waals surface area contributed by atoms with Gasteiger partial charge in [-0.2, -0.15) is 5.26 Å². The molecule has 0 fully saturated rings. The van der Waals surface area contributed by atoms with Crippen LogP contribution in [0.4, 0.5) is 0 Å². The number of thioether (sulfide) groups is 2. The molecule has 0 saturated carbocycles. The molecule has 5 nitrogen and oxygen atoms in total. The normalized spacial score (nSPS) is 9.94. The smallest absolute Gasteiger partial charge is 0.232 e. The first-order valence-electron chi connectivity index (χ1n) is 4.78. The molecule has 0 aliphatic carbocycles. The Morgan fingerprint density at radius 3 is 2.82 bits per heavy atom. The summed E-state index contributed by atoms with van der Waals surface area (Å²) in [6.07, 6.45) is 2.30. The van der Waals surface area contributed by atoms with Crippen LogP contribution in [0, 0.1) is 11.3 Å². The molecule has 17 heavy (non-hydrogen) atoms. The molecule has 1 aromatic heterocycles. The van der Waals surface area contributed by atoms with Crippen LogP contribution in [0.25, 0.3) is 0 Å². The van der Waals surface area contributed by atoms with Crippen molar-refractivity contribution in [3.05, 3.63) is 0 Å². The molecule has 0 spiro atoms. The van der Waals surface area contributed by atoms with Gasteiger partial charge in [-0.05, 0) is 6.26 Å². The van der Waals surface area contributed by atoms with E-state index in [1.807, 2.05) is 12.3 Å². The van der Waals surface area contributed by atoms with Crippen LogP contribution in [-0.4, -0.2) is 46.6 Å². The van der Waals surface area contributed by atoms with Gasteiger partial charge in [0.15, 0.2) is 8.68 Å². The van der Waals surface area contributed by atoms with E-state index in [2.05, 4.69) is 10.2 Å². The molecule has 1 heterocycles. The van der Waals surface area contributed by atoms with Crippen molar-refractivity contribution >= 4 is 40.8 Å². The van der Waals surface area contributed by atoms with Crippen LogP contribution in [0.3, 0.4) is 0 Å². The number of aromatic nitrogens is 2. The van der Waals surface area contributed by atoms with Gasteiger partial charge in [0.05, 0.1) is 18.2 Å². The summed E-state index contributed by atoms with van der Waals surface area (Å²) < 4.78 is 1.70. The van der Waals surface area contributed by atoms with E-state index in [0.717, 1.165) is 8.68 Å². The van der Waals surface area contributed by atoms with E-state index in [-0.39, 0.29) is 5.91 Å². The minimum atomic E-state index is 0.00570. The van der Waals surface area contributed by atoms with Crippen molar-refractivity contribution in [2.24, 2.45) is 0 Å². The molecule has 1 amide bonds. The van der Waals surface area contributed by atoms with Gasteiger partial charge in [0.2, 0.25) is 5.91 Å². The van der Waals surface area contributed by atoms with Crippen LogP contribution in [-0.2, 0) is 4.79 Å². The third kappa shape index (κ3) is 4.93. The molecule has 92 valence electrons. The zero-order valence-corrected chi connectivity index (χ0v) is 12.0. The number of rotatable bonds is 6. The molecular weight excluding hydrogens is 276 g/mol. The number of nitriles is 1. The summed E-state index contributed by atoms with van der Waals surface area (Å²) in [4.78, 5) is 13.2. The van der Waals surface area contributed by atoms with Crippen molar-refractivity contribution in [1.82, 2.24) is 15.1 Å². The van der Waals surface area contributed by atoms with Crippen molar-refractivity contribution < 1.29 is 4.79 Å². The molecule has 0 unspecified atom stereocenters. The van der Waals surface area contributed by atoms with Crippen molar-refractivity contribution in [3.63, 3.8) is 0 Å². The molecule has 1 aromatic rings. The average molecular weight is 288 g/mol. The number of amides is 1. The monoisotopic (exact) mass is 288 g/mol. The Labute approximate surface area is 113 Å². The summed E-state index contributed by atoms with van der Waals surface area (Å²) in [5.74, 6) is 0.344. The summed E-state index contributed by atoms with van der Waals surface area (Å²) in [5, 5.41) is 16.3. The van der Waals surface area contributed by atoms with Gasteiger partial charge in [0.25, 0.3) is 0 Å². The Bertz CT molecular complexity index is 415. The zero-order valence-electron chi connectivity index (χ0n) is 9.54. The Balaban J connectivity index is 2.35. The van der Waals surface area contributed by atoms with Gasteiger partial charge >= 0.3 is 0 Å². The maximum Gasteiger partial charge on any atom is 0.232 e. The van der Waals surface area contributed by atoms with Gasteiger partial charge in [-0.15, -0.1) is 10.2 Å². The second-order valence-electron chi connectivity index (χ2n) is 3.05. The Kier molecular flexibility index (Phi) is 6.32. The largest absolute Gasteiger partial charge is 0.344 e. The van der Waals surface area contributed by atoms with Crippen LogP contribution in [0.2, 0.25) is 0 Å². The van der Waals surface area contributed by atoms with Crippen molar-refractivity contribution in [1.29, 1.82) is 5.26 Å². The van der Waals surface area contributed by atoms with Gasteiger partial charge in [-0.1, -0.05) is 34.9 Å². The maximum absolute atomic E-state index is 11.6. The lowest BCUT2D eigenvalue weighted by Crippen LogP contribution is -2.29. The van der Waals surface area contributed by atoms with Gasteiger partial charge in [-0.25, -0.2) is 0 Å². The Morgan fingerprint density at radius 1 is 1.53 bits per heavy atom.